The van der Waals surface area contributed by atoms with Crippen molar-refractivity contribution in [3.63, 3.8) is 0 Å². The average Bonchev–Trinajstić information content (AvgIpc) is 2.35. The van der Waals surface area contributed by atoms with Gasteiger partial charge in [-0.3, -0.25) is 9.59 Å². The minimum Gasteiger partial charge on any atom is -0.481 e. The molecule has 0 aromatic carbocycles. The van der Waals surface area contributed by atoms with Crippen LogP contribution in [-0.4, -0.2) is 34.5 Å². The molecule has 2 rings (SSSR count). The van der Waals surface area contributed by atoms with E-state index in [-0.39, 0.29) is 12.3 Å². The molecule has 19 heavy (non-hydrogen) atoms. The van der Waals surface area contributed by atoms with Crippen LogP contribution in [-0.2, 0) is 9.59 Å². The van der Waals surface area contributed by atoms with E-state index in [1.54, 1.807) is 0 Å². The molecule has 0 bridgehead atoms. The van der Waals surface area contributed by atoms with Crippen LogP contribution in [0.1, 0.15) is 64.7 Å². The Morgan fingerprint density at radius 2 is 1.79 bits per heavy atom. The molecule has 4 heteroatoms. The molecule has 0 heterocycles. The molecule has 2 aliphatic rings. The highest BCUT2D eigenvalue weighted by Crippen LogP contribution is 2.44. The first kappa shape index (κ1) is 14.4. The summed E-state index contributed by atoms with van der Waals surface area (Å²) in [6.45, 7) is 2.71. The number of carbonyl (C=O) groups is 2. The number of hydrogen-bond donors (Lipinski definition) is 1. The number of amides is 1. The van der Waals surface area contributed by atoms with E-state index >= 15 is 0 Å². The first-order valence-electron chi connectivity index (χ1n) is 7.62. The second-order valence-electron chi connectivity index (χ2n) is 6.09. The lowest BCUT2D eigenvalue weighted by Gasteiger charge is -2.40. The smallest absolute Gasteiger partial charge is 0.310 e. The molecule has 2 saturated carbocycles. The van der Waals surface area contributed by atoms with Crippen molar-refractivity contribution in [3.8, 4) is 0 Å². The summed E-state index contributed by atoms with van der Waals surface area (Å²) in [6, 6.07) is 0.345. The molecule has 0 unspecified atom stereocenters. The highest BCUT2D eigenvalue weighted by Gasteiger charge is 2.46. The fourth-order valence-electron chi connectivity index (χ4n) is 3.49. The molecule has 2 fully saturated rings. The van der Waals surface area contributed by atoms with E-state index in [4.69, 9.17) is 0 Å². The van der Waals surface area contributed by atoms with Crippen molar-refractivity contribution in [2.24, 2.45) is 5.41 Å². The quantitative estimate of drug-likeness (QED) is 0.833. The van der Waals surface area contributed by atoms with Crippen LogP contribution in [0.15, 0.2) is 0 Å². The van der Waals surface area contributed by atoms with Gasteiger partial charge >= 0.3 is 5.97 Å². The molecular weight excluding hydrogens is 242 g/mol. The maximum absolute atomic E-state index is 12.4. The van der Waals surface area contributed by atoms with Gasteiger partial charge in [-0.2, -0.15) is 0 Å². The van der Waals surface area contributed by atoms with Gasteiger partial charge in [0.05, 0.1) is 5.41 Å². The first-order valence-corrected chi connectivity index (χ1v) is 7.62. The summed E-state index contributed by atoms with van der Waals surface area (Å²) in [5, 5.41) is 9.33. The molecule has 0 saturated heterocycles. The van der Waals surface area contributed by atoms with Gasteiger partial charge < -0.3 is 10.0 Å². The second kappa shape index (κ2) is 5.93. The lowest BCUT2D eigenvalue weighted by molar-refractivity contribution is -0.160. The highest BCUT2D eigenvalue weighted by molar-refractivity contribution is 5.85. The molecule has 4 nitrogen and oxygen atoms in total. The van der Waals surface area contributed by atoms with Crippen molar-refractivity contribution in [1.82, 2.24) is 4.90 Å². The zero-order chi connectivity index (χ0) is 13.9. The number of carbonyl (C=O) groups excluding carboxylic acids is 1. The summed E-state index contributed by atoms with van der Waals surface area (Å²) in [5.41, 5.74) is -0.751. The highest BCUT2D eigenvalue weighted by atomic mass is 16.4. The predicted octanol–water partition coefficient (Wildman–Crippen LogP) is 2.81. The molecule has 108 valence electrons. The van der Waals surface area contributed by atoms with E-state index in [9.17, 15) is 14.7 Å². The molecule has 0 aliphatic heterocycles. The van der Waals surface area contributed by atoms with Crippen molar-refractivity contribution in [3.05, 3.63) is 0 Å². The standard InChI is InChI=1S/C15H25NO3/c1-2-16(12-7-4-3-5-8-12)13(17)11-15(14(18)19)9-6-10-15/h12H,2-11H2,1H3,(H,18,19). The van der Waals surface area contributed by atoms with E-state index in [0.717, 1.165) is 19.3 Å². The lowest BCUT2D eigenvalue weighted by atomic mass is 9.66. The van der Waals surface area contributed by atoms with Gasteiger partial charge in [0.15, 0.2) is 0 Å². The summed E-state index contributed by atoms with van der Waals surface area (Å²) < 4.78 is 0. The zero-order valence-corrected chi connectivity index (χ0v) is 11.9. The minimum atomic E-state index is -0.785. The molecule has 1 N–H and O–H groups in total. The number of nitrogens with zero attached hydrogens (tertiary/aromatic N) is 1. The Morgan fingerprint density at radius 1 is 1.16 bits per heavy atom. The molecule has 2 aliphatic carbocycles. The largest absolute Gasteiger partial charge is 0.481 e. The van der Waals surface area contributed by atoms with Crippen molar-refractivity contribution < 1.29 is 14.7 Å². The van der Waals surface area contributed by atoms with E-state index in [1.807, 2.05) is 11.8 Å². The first-order chi connectivity index (χ1) is 9.09. The number of aliphatic carboxylic acids is 1. The van der Waals surface area contributed by atoms with Gasteiger partial charge in [-0.1, -0.05) is 25.7 Å². The lowest BCUT2D eigenvalue weighted by Crippen LogP contribution is -2.47. The van der Waals surface area contributed by atoms with Crippen molar-refractivity contribution in [2.75, 3.05) is 6.54 Å². The van der Waals surface area contributed by atoms with Gasteiger partial charge in [0.1, 0.15) is 0 Å². The van der Waals surface area contributed by atoms with Gasteiger partial charge in [0.2, 0.25) is 5.91 Å². The summed E-state index contributed by atoms with van der Waals surface area (Å²) in [4.78, 5) is 25.7. The number of carboxylic acids is 1. The Hall–Kier alpha value is -1.06. The molecule has 0 spiro atoms. The third-order valence-electron chi connectivity index (χ3n) is 4.93. The summed E-state index contributed by atoms with van der Waals surface area (Å²) in [7, 11) is 0. The Labute approximate surface area is 115 Å². The molecular formula is C15H25NO3. The maximum atomic E-state index is 12.4. The molecule has 1 amide bonds. The normalized spacial score (nSPS) is 22.6. The summed E-state index contributed by atoms with van der Waals surface area (Å²) in [5.74, 6) is -0.733. The van der Waals surface area contributed by atoms with Gasteiger partial charge in [0, 0.05) is 19.0 Å². The Morgan fingerprint density at radius 3 is 2.21 bits per heavy atom. The van der Waals surface area contributed by atoms with Gasteiger partial charge in [-0.25, -0.2) is 0 Å². The minimum absolute atomic E-state index is 0.0523. The predicted molar refractivity (Wildman–Crippen MR) is 72.8 cm³/mol. The van der Waals surface area contributed by atoms with Crippen molar-refractivity contribution in [1.29, 1.82) is 0 Å². The van der Waals surface area contributed by atoms with Crippen LogP contribution in [0.4, 0.5) is 0 Å². The fourth-order valence-corrected chi connectivity index (χ4v) is 3.49. The van der Waals surface area contributed by atoms with Gasteiger partial charge in [0.25, 0.3) is 0 Å². The SMILES string of the molecule is CCN(C(=O)CC1(C(=O)O)CCC1)C1CCCCC1. The fraction of sp³-hybridized carbons (Fsp3) is 0.867. The van der Waals surface area contributed by atoms with E-state index in [0.29, 0.717) is 25.4 Å². The summed E-state index contributed by atoms with van der Waals surface area (Å²) >= 11 is 0. The van der Waals surface area contributed by atoms with Crippen LogP contribution in [0.3, 0.4) is 0 Å². The Kier molecular flexibility index (Phi) is 4.48. The number of hydrogen-bond acceptors (Lipinski definition) is 2. The van der Waals surface area contributed by atoms with Crippen LogP contribution < -0.4 is 0 Å². The van der Waals surface area contributed by atoms with Gasteiger partial charge in [-0.05, 0) is 32.6 Å². The molecule has 0 radical (unpaired) electrons. The van der Waals surface area contributed by atoms with Crippen LogP contribution in [0, 0.1) is 5.41 Å². The molecule has 0 aromatic heterocycles. The van der Waals surface area contributed by atoms with Crippen molar-refractivity contribution in [2.45, 2.75) is 70.8 Å². The maximum Gasteiger partial charge on any atom is 0.310 e. The topological polar surface area (TPSA) is 57.6 Å². The molecule has 0 atom stereocenters. The third-order valence-corrected chi connectivity index (χ3v) is 4.93. The van der Waals surface area contributed by atoms with Crippen LogP contribution in [0.25, 0.3) is 0 Å². The van der Waals surface area contributed by atoms with Gasteiger partial charge in [-0.15, -0.1) is 0 Å². The van der Waals surface area contributed by atoms with Crippen LogP contribution >= 0.6 is 0 Å². The van der Waals surface area contributed by atoms with E-state index in [2.05, 4.69) is 0 Å². The van der Waals surface area contributed by atoms with E-state index in [1.165, 1.54) is 19.3 Å². The van der Waals surface area contributed by atoms with Crippen LogP contribution in [0.5, 0.6) is 0 Å². The number of carboxylic acid groups (broad SMARTS) is 1. The van der Waals surface area contributed by atoms with Crippen LogP contribution in [0.2, 0.25) is 0 Å². The second-order valence-corrected chi connectivity index (χ2v) is 6.09. The Balaban J connectivity index is 1.98. The Bertz CT molecular complexity index is 343. The average molecular weight is 267 g/mol. The van der Waals surface area contributed by atoms with Crippen molar-refractivity contribution >= 4 is 11.9 Å². The van der Waals surface area contributed by atoms with E-state index < -0.39 is 11.4 Å². The zero-order valence-electron chi connectivity index (χ0n) is 11.9. The third kappa shape index (κ3) is 2.93. The number of rotatable bonds is 5. The molecule has 0 aromatic rings. The summed E-state index contributed by atoms with van der Waals surface area (Å²) in [6.07, 6.45) is 8.28. The monoisotopic (exact) mass is 267 g/mol.